The lowest BCUT2D eigenvalue weighted by molar-refractivity contribution is 0.0828. The van der Waals surface area contributed by atoms with Gasteiger partial charge in [0.2, 0.25) is 0 Å². The summed E-state index contributed by atoms with van der Waals surface area (Å²) in [5.41, 5.74) is 0. The van der Waals surface area contributed by atoms with E-state index in [-0.39, 0.29) is 0 Å². The highest BCUT2D eigenvalue weighted by molar-refractivity contribution is 9.10. The van der Waals surface area contributed by atoms with Gasteiger partial charge in [0.1, 0.15) is 0 Å². The van der Waals surface area contributed by atoms with Crippen LogP contribution in [0.4, 0.5) is 0 Å². The molecular weight excluding hydrogens is 202 g/mol. The standard InChI is InChI=1S/C9H16BrN/c10-9(5-4-6-9)11-7-2-1-3-8-11/h1-8H2. The van der Waals surface area contributed by atoms with Crippen LogP contribution in [0.5, 0.6) is 0 Å². The first-order chi connectivity index (χ1) is 5.31. The maximum atomic E-state index is 3.86. The van der Waals surface area contributed by atoms with Crippen molar-refractivity contribution in [1.29, 1.82) is 0 Å². The molecule has 2 fully saturated rings. The summed E-state index contributed by atoms with van der Waals surface area (Å²) < 4.78 is 0.438. The van der Waals surface area contributed by atoms with Crippen molar-refractivity contribution in [1.82, 2.24) is 4.90 Å². The van der Waals surface area contributed by atoms with Crippen LogP contribution in [-0.2, 0) is 0 Å². The van der Waals surface area contributed by atoms with Gasteiger partial charge >= 0.3 is 0 Å². The number of halogens is 1. The number of hydrogen-bond donors (Lipinski definition) is 0. The number of rotatable bonds is 1. The third-order valence-corrected chi connectivity index (χ3v) is 4.34. The Balaban J connectivity index is 1.91. The van der Waals surface area contributed by atoms with E-state index in [1.54, 1.807) is 0 Å². The Bertz CT molecular complexity index is 136. The maximum Gasteiger partial charge on any atom is 0.0767 e. The zero-order valence-corrected chi connectivity index (χ0v) is 8.57. The lowest BCUT2D eigenvalue weighted by atomic mass is 9.90. The highest BCUT2D eigenvalue weighted by atomic mass is 79.9. The quantitative estimate of drug-likeness (QED) is 0.483. The average molecular weight is 218 g/mol. The highest BCUT2D eigenvalue weighted by Crippen LogP contribution is 2.43. The Labute approximate surface area is 77.3 Å². The molecule has 64 valence electrons. The molecule has 1 aliphatic heterocycles. The van der Waals surface area contributed by atoms with E-state index in [0.29, 0.717) is 4.45 Å². The minimum Gasteiger partial charge on any atom is -0.288 e. The van der Waals surface area contributed by atoms with Crippen LogP contribution in [0.15, 0.2) is 0 Å². The van der Waals surface area contributed by atoms with Gasteiger partial charge in [0.25, 0.3) is 0 Å². The van der Waals surface area contributed by atoms with E-state index in [2.05, 4.69) is 20.8 Å². The van der Waals surface area contributed by atoms with Crippen molar-refractivity contribution in [2.24, 2.45) is 0 Å². The second-order valence-electron chi connectivity index (χ2n) is 3.82. The molecule has 2 heteroatoms. The fourth-order valence-corrected chi connectivity index (χ4v) is 2.99. The molecule has 1 heterocycles. The molecule has 1 saturated carbocycles. The number of alkyl halides is 1. The lowest BCUT2D eigenvalue weighted by Crippen LogP contribution is -2.50. The largest absolute Gasteiger partial charge is 0.288 e. The minimum atomic E-state index is 0.438. The third-order valence-electron chi connectivity index (χ3n) is 3.04. The summed E-state index contributed by atoms with van der Waals surface area (Å²) in [6.07, 6.45) is 8.42. The molecule has 0 aromatic rings. The van der Waals surface area contributed by atoms with E-state index in [1.807, 2.05) is 0 Å². The second kappa shape index (κ2) is 3.06. The van der Waals surface area contributed by atoms with Gasteiger partial charge in [-0.3, -0.25) is 4.90 Å². The third kappa shape index (κ3) is 1.48. The van der Waals surface area contributed by atoms with Gasteiger partial charge in [-0.2, -0.15) is 0 Å². The smallest absolute Gasteiger partial charge is 0.0767 e. The molecule has 0 spiro atoms. The van der Waals surface area contributed by atoms with Gasteiger partial charge in [-0.25, -0.2) is 0 Å². The molecule has 0 N–H and O–H groups in total. The SMILES string of the molecule is BrC1(N2CCCCC2)CCC1. The zero-order valence-electron chi connectivity index (χ0n) is 6.98. The van der Waals surface area contributed by atoms with Crippen LogP contribution in [-0.4, -0.2) is 22.4 Å². The van der Waals surface area contributed by atoms with Crippen LogP contribution in [0, 0.1) is 0 Å². The summed E-state index contributed by atoms with van der Waals surface area (Å²) in [4.78, 5) is 2.64. The van der Waals surface area contributed by atoms with Crippen LogP contribution < -0.4 is 0 Å². The van der Waals surface area contributed by atoms with Crippen molar-refractivity contribution in [3.8, 4) is 0 Å². The molecule has 2 aliphatic rings. The highest BCUT2D eigenvalue weighted by Gasteiger charge is 2.39. The predicted octanol–water partition coefficient (Wildman–Crippen LogP) is 2.75. The molecular formula is C9H16BrN. The van der Waals surface area contributed by atoms with E-state index >= 15 is 0 Å². The van der Waals surface area contributed by atoms with Gasteiger partial charge in [0.15, 0.2) is 0 Å². The fourth-order valence-electron chi connectivity index (χ4n) is 2.08. The molecule has 0 aromatic heterocycles. The van der Waals surface area contributed by atoms with Crippen molar-refractivity contribution >= 4 is 15.9 Å². The summed E-state index contributed by atoms with van der Waals surface area (Å²) in [6.45, 7) is 2.65. The Hall–Kier alpha value is 0.440. The number of piperidine rings is 1. The topological polar surface area (TPSA) is 3.24 Å². The van der Waals surface area contributed by atoms with E-state index < -0.39 is 0 Å². The number of likely N-dealkylation sites (tertiary alicyclic amines) is 1. The minimum absolute atomic E-state index is 0.438. The predicted molar refractivity (Wildman–Crippen MR) is 50.9 cm³/mol. The molecule has 1 nitrogen and oxygen atoms in total. The Kier molecular flexibility index (Phi) is 2.24. The summed E-state index contributed by atoms with van der Waals surface area (Å²) >= 11 is 3.86. The molecule has 1 aliphatic carbocycles. The van der Waals surface area contributed by atoms with E-state index in [0.717, 1.165) is 0 Å². The Morgan fingerprint density at radius 1 is 0.909 bits per heavy atom. The van der Waals surface area contributed by atoms with E-state index in [4.69, 9.17) is 0 Å². The van der Waals surface area contributed by atoms with Crippen molar-refractivity contribution in [3.05, 3.63) is 0 Å². The van der Waals surface area contributed by atoms with Crippen molar-refractivity contribution in [2.45, 2.75) is 43.0 Å². The average Bonchev–Trinajstić information content (AvgIpc) is 2.02. The normalized spacial score (nSPS) is 31.4. The monoisotopic (exact) mass is 217 g/mol. The van der Waals surface area contributed by atoms with Gasteiger partial charge in [-0.15, -0.1) is 0 Å². The first-order valence-electron chi connectivity index (χ1n) is 4.75. The second-order valence-corrected chi connectivity index (χ2v) is 5.30. The van der Waals surface area contributed by atoms with Crippen molar-refractivity contribution in [2.75, 3.05) is 13.1 Å². The molecule has 11 heavy (non-hydrogen) atoms. The van der Waals surface area contributed by atoms with Crippen LogP contribution >= 0.6 is 15.9 Å². The molecule has 0 radical (unpaired) electrons. The molecule has 0 aromatic carbocycles. The van der Waals surface area contributed by atoms with Crippen molar-refractivity contribution < 1.29 is 0 Å². The summed E-state index contributed by atoms with van der Waals surface area (Å²) in [5.74, 6) is 0. The van der Waals surface area contributed by atoms with Gasteiger partial charge in [0.05, 0.1) is 4.45 Å². The van der Waals surface area contributed by atoms with Crippen molar-refractivity contribution in [3.63, 3.8) is 0 Å². The molecule has 0 unspecified atom stereocenters. The Morgan fingerprint density at radius 2 is 1.55 bits per heavy atom. The van der Waals surface area contributed by atoms with E-state index in [1.165, 1.54) is 51.6 Å². The Morgan fingerprint density at radius 3 is 2.00 bits per heavy atom. The molecule has 2 rings (SSSR count). The fraction of sp³-hybridized carbons (Fsp3) is 1.00. The van der Waals surface area contributed by atoms with Gasteiger partial charge in [-0.1, -0.05) is 22.4 Å². The molecule has 0 atom stereocenters. The molecule has 0 amide bonds. The maximum absolute atomic E-state index is 3.86. The van der Waals surface area contributed by atoms with Gasteiger partial charge in [-0.05, 0) is 45.2 Å². The summed E-state index contributed by atoms with van der Waals surface area (Å²) in [7, 11) is 0. The van der Waals surface area contributed by atoms with Crippen LogP contribution in [0.2, 0.25) is 0 Å². The molecule has 1 saturated heterocycles. The first kappa shape index (κ1) is 8.06. The zero-order chi connectivity index (χ0) is 7.73. The summed E-state index contributed by atoms with van der Waals surface area (Å²) in [6, 6.07) is 0. The van der Waals surface area contributed by atoms with Crippen LogP contribution in [0.1, 0.15) is 38.5 Å². The first-order valence-corrected chi connectivity index (χ1v) is 5.55. The number of hydrogen-bond acceptors (Lipinski definition) is 1. The van der Waals surface area contributed by atoms with Gasteiger partial charge in [0, 0.05) is 0 Å². The number of nitrogens with zero attached hydrogens (tertiary/aromatic N) is 1. The lowest BCUT2D eigenvalue weighted by Gasteiger charge is -2.47. The van der Waals surface area contributed by atoms with Crippen LogP contribution in [0.3, 0.4) is 0 Å². The van der Waals surface area contributed by atoms with Crippen LogP contribution in [0.25, 0.3) is 0 Å². The molecule has 0 bridgehead atoms. The van der Waals surface area contributed by atoms with E-state index in [9.17, 15) is 0 Å². The summed E-state index contributed by atoms with van der Waals surface area (Å²) in [5, 5.41) is 0. The van der Waals surface area contributed by atoms with Gasteiger partial charge < -0.3 is 0 Å².